The first-order chi connectivity index (χ1) is 6.67. The quantitative estimate of drug-likeness (QED) is 0.778. The van der Waals surface area contributed by atoms with Gasteiger partial charge in [-0.2, -0.15) is 0 Å². The average Bonchev–Trinajstić information content (AvgIpc) is 2.62. The van der Waals surface area contributed by atoms with Crippen LogP contribution < -0.4 is 5.32 Å². The zero-order chi connectivity index (χ0) is 10.6. The number of nitrogens with zero attached hydrogens (tertiary/aromatic N) is 1. The fourth-order valence-corrected chi connectivity index (χ4v) is 2.73. The van der Waals surface area contributed by atoms with Gasteiger partial charge in [0.25, 0.3) is 0 Å². The van der Waals surface area contributed by atoms with Gasteiger partial charge in [0.15, 0.2) is 5.17 Å². The van der Waals surface area contributed by atoms with Crippen molar-refractivity contribution in [3.05, 3.63) is 0 Å². The van der Waals surface area contributed by atoms with Crippen LogP contribution >= 0.6 is 11.8 Å². The number of nitrogens with one attached hydrogen (secondary N) is 1. The molecule has 82 valence electrons. The van der Waals surface area contributed by atoms with Crippen LogP contribution in [0.25, 0.3) is 0 Å². The molecule has 1 heterocycles. The zero-order valence-electron chi connectivity index (χ0n) is 9.71. The van der Waals surface area contributed by atoms with E-state index in [0.717, 1.165) is 10.9 Å². The number of thioether (sulfide) groups is 1. The van der Waals surface area contributed by atoms with E-state index in [4.69, 9.17) is 4.99 Å². The Hall–Kier alpha value is -0.180. The fourth-order valence-electron chi connectivity index (χ4n) is 1.48. The van der Waals surface area contributed by atoms with Crippen molar-refractivity contribution < 1.29 is 0 Å². The molecule has 0 bridgehead atoms. The molecule has 1 aliphatic heterocycles. The number of hydrogen-bond acceptors (Lipinski definition) is 3. The Kier molecular flexibility index (Phi) is 4.79. The van der Waals surface area contributed by atoms with Crippen molar-refractivity contribution in [1.29, 1.82) is 0 Å². The van der Waals surface area contributed by atoms with Crippen LogP contribution in [-0.2, 0) is 0 Å². The molecule has 1 atom stereocenters. The van der Waals surface area contributed by atoms with Gasteiger partial charge in [-0.1, -0.05) is 39.5 Å². The van der Waals surface area contributed by atoms with E-state index >= 15 is 0 Å². The molecule has 0 spiro atoms. The lowest BCUT2D eigenvalue weighted by Crippen LogP contribution is -2.31. The first kappa shape index (κ1) is 11.9. The monoisotopic (exact) mass is 214 g/mol. The Morgan fingerprint density at radius 1 is 1.43 bits per heavy atom. The summed E-state index contributed by atoms with van der Waals surface area (Å²) in [6, 6.07) is 1.13. The summed E-state index contributed by atoms with van der Waals surface area (Å²) in [5.74, 6) is 1.82. The van der Waals surface area contributed by atoms with Crippen LogP contribution in [0.4, 0.5) is 0 Å². The van der Waals surface area contributed by atoms with Crippen molar-refractivity contribution in [2.24, 2.45) is 10.9 Å². The third-order valence-electron chi connectivity index (χ3n) is 2.76. The molecule has 0 saturated heterocycles. The molecule has 0 aromatic rings. The van der Waals surface area contributed by atoms with E-state index in [2.05, 4.69) is 33.0 Å². The van der Waals surface area contributed by atoms with Gasteiger partial charge in [-0.25, -0.2) is 0 Å². The highest BCUT2D eigenvalue weighted by atomic mass is 32.2. The standard InChI is InChI=1S/C11H22N2S/c1-5-9(6-2)12-11-13-10(7-14-11)8(3)4/h8-10H,5-7H2,1-4H3,(H,12,13)/t10-/m1/s1. The average molecular weight is 214 g/mol. The predicted octanol–water partition coefficient (Wildman–Crippen LogP) is 2.89. The second kappa shape index (κ2) is 5.64. The molecule has 2 nitrogen and oxygen atoms in total. The number of amidine groups is 1. The molecule has 0 amide bonds. The lowest BCUT2D eigenvalue weighted by Gasteiger charge is -2.14. The molecule has 0 radical (unpaired) electrons. The van der Waals surface area contributed by atoms with Crippen LogP contribution in [0.1, 0.15) is 40.5 Å². The summed E-state index contributed by atoms with van der Waals surface area (Å²) >= 11 is 1.88. The molecule has 3 heteroatoms. The summed E-state index contributed by atoms with van der Waals surface area (Å²) in [4.78, 5) is 4.69. The fraction of sp³-hybridized carbons (Fsp3) is 0.909. The maximum atomic E-state index is 4.69. The molecular weight excluding hydrogens is 192 g/mol. The van der Waals surface area contributed by atoms with E-state index in [0.29, 0.717) is 18.0 Å². The summed E-state index contributed by atoms with van der Waals surface area (Å²) in [7, 11) is 0. The van der Waals surface area contributed by atoms with Crippen LogP contribution in [0, 0.1) is 5.92 Å². The largest absolute Gasteiger partial charge is 0.362 e. The molecule has 0 unspecified atom stereocenters. The minimum atomic E-state index is 0.525. The van der Waals surface area contributed by atoms with Crippen LogP contribution in [0.3, 0.4) is 0 Å². The molecule has 0 fully saturated rings. The summed E-state index contributed by atoms with van der Waals surface area (Å²) in [5, 5.41) is 4.68. The van der Waals surface area contributed by atoms with Gasteiger partial charge in [0.05, 0.1) is 6.04 Å². The molecule has 0 aromatic carbocycles. The number of hydrogen-bond donors (Lipinski definition) is 1. The molecular formula is C11H22N2S. The van der Waals surface area contributed by atoms with Gasteiger partial charge < -0.3 is 5.32 Å². The highest BCUT2D eigenvalue weighted by Crippen LogP contribution is 2.22. The Morgan fingerprint density at radius 3 is 2.50 bits per heavy atom. The smallest absolute Gasteiger partial charge is 0.157 e. The Bertz CT molecular complexity index is 197. The topological polar surface area (TPSA) is 24.4 Å². The second-order valence-corrected chi connectivity index (χ2v) is 5.22. The van der Waals surface area contributed by atoms with Gasteiger partial charge in [-0.15, -0.1) is 0 Å². The lowest BCUT2D eigenvalue weighted by atomic mass is 10.1. The summed E-state index contributed by atoms with van der Waals surface area (Å²) in [6.07, 6.45) is 2.37. The third kappa shape index (κ3) is 3.19. The molecule has 1 N–H and O–H groups in total. The van der Waals surface area contributed by atoms with Crippen LogP contribution in [0.15, 0.2) is 4.99 Å². The summed E-state index contributed by atoms with van der Waals surface area (Å²) in [6.45, 7) is 8.94. The van der Waals surface area contributed by atoms with E-state index in [-0.39, 0.29) is 0 Å². The summed E-state index contributed by atoms with van der Waals surface area (Å²) < 4.78 is 0. The van der Waals surface area contributed by atoms with Gasteiger partial charge in [0, 0.05) is 11.8 Å². The van der Waals surface area contributed by atoms with Gasteiger partial charge in [0.1, 0.15) is 0 Å². The molecule has 0 aliphatic carbocycles. The van der Waals surface area contributed by atoms with Crippen molar-refractivity contribution >= 4 is 16.9 Å². The van der Waals surface area contributed by atoms with Gasteiger partial charge >= 0.3 is 0 Å². The minimum Gasteiger partial charge on any atom is -0.362 e. The molecule has 0 aromatic heterocycles. The predicted molar refractivity (Wildman–Crippen MR) is 66.0 cm³/mol. The lowest BCUT2D eigenvalue weighted by molar-refractivity contribution is 0.536. The van der Waals surface area contributed by atoms with E-state index in [9.17, 15) is 0 Å². The molecule has 14 heavy (non-hydrogen) atoms. The number of rotatable bonds is 4. The van der Waals surface area contributed by atoms with Crippen LogP contribution in [0.5, 0.6) is 0 Å². The van der Waals surface area contributed by atoms with Crippen molar-refractivity contribution in [2.45, 2.75) is 52.6 Å². The van der Waals surface area contributed by atoms with E-state index < -0.39 is 0 Å². The van der Waals surface area contributed by atoms with E-state index in [1.54, 1.807) is 0 Å². The van der Waals surface area contributed by atoms with Crippen molar-refractivity contribution in [3.8, 4) is 0 Å². The zero-order valence-corrected chi connectivity index (χ0v) is 10.5. The van der Waals surface area contributed by atoms with E-state index in [1.807, 2.05) is 11.8 Å². The normalized spacial score (nSPS) is 21.9. The van der Waals surface area contributed by atoms with Crippen molar-refractivity contribution in [2.75, 3.05) is 5.75 Å². The summed E-state index contributed by atoms with van der Waals surface area (Å²) in [5.41, 5.74) is 0. The first-order valence-corrected chi connectivity index (χ1v) is 6.63. The minimum absolute atomic E-state index is 0.525. The van der Waals surface area contributed by atoms with Crippen LogP contribution in [0.2, 0.25) is 0 Å². The van der Waals surface area contributed by atoms with Crippen molar-refractivity contribution in [3.63, 3.8) is 0 Å². The van der Waals surface area contributed by atoms with Crippen LogP contribution in [-0.4, -0.2) is 23.0 Å². The Balaban J connectivity index is 2.42. The molecule has 0 saturated carbocycles. The first-order valence-electron chi connectivity index (χ1n) is 5.64. The van der Waals surface area contributed by atoms with Crippen molar-refractivity contribution in [1.82, 2.24) is 5.32 Å². The highest BCUT2D eigenvalue weighted by molar-refractivity contribution is 8.14. The highest BCUT2D eigenvalue weighted by Gasteiger charge is 2.21. The van der Waals surface area contributed by atoms with Gasteiger partial charge in [-0.05, 0) is 18.8 Å². The Labute approximate surface area is 92.0 Å². The molecule has 1 rings (SSSR count). The maximum absolute atomic E-state index is 4.69. The third-order valence-corrected chi connectivity index (χ3v) is 3.76. The van der Waals surface area contributed by atoms with Gasteiger partial charge in [0.2, 0.25) is 0 Å². The second-order valence-electron chi connectivity index (χ2n) is 4.21. The van der Waals surface area contributed by atoms with E-state index in [1.165, 1.54) is 12.8 Å². The maximum Gasteiger partial charge on any atom is 0.157 e. The number of aliphatic imine (C=N–C) groups is 1. The molecule has 1 aliphatic rings. The SMILES string of the molecule is CCC(CC)NC1=N[C@@H](C(C)C)CS1. The van der Waals surface area contributed by atoms with Gasteiger partial charge in [-0.3, -0.25) is 4.99 Å². The Morgan fingerprint density at radius 2 is 2.07 bits per heavy atom.